The van der Waals surface area contributed by atoms with Gasteiger partial charge in [0.05, 0.1) is 30.6 Å². The molecule has 9 heteroatoms. The Kier molecular flexibility index (Phi) is 6.56. The Bertz CT molecular complexity index is 1020. The zero-order valence-electron chi connectivity index (χ0n) is 15.9. The van der Waals surface area contributed by atoms with E-state index in [-0.39, 0.29) is 18.3 Å². The van der Waals surface area contributed by atoms with Gasteiger partial charge in [0.1, 0.15) is 28.1 Å². The maximum Gasteiger partial charge on any atom is 0.267 e. The number of hydrogen-bond donors (Lipinski definition) is 1. The molecule has 29 heavy (non-hydrogen) atoms. The van der Waals surface area contributed by atoms with Crippen LogP contribution < -0.4 is 19.5 Å². The summed E-state index contributed by atoms with van der Waals surface area (Å²) in [4.78, 5) is 17.5. The normalized spacial score (nSPS) is 10.5. The van der Waals surface area contributed by atoms with Gasteiger partial charge in [-0.25, -0.2) is 9.37 Å². The molecule has 6 nitrogen and oxygen atoms in total. The molecule has 3 rings (SSSR count). The number of benzene rings is 2. The molecule has 0 spiro atoms. The van der Waals surface area contributed by atoms with Crippen LogP contribution in [0.3, 0.4) is 0 Å². The van der Waals surface area contributed by atoms with Crippen LogP contribution in [0.15, 0.2) is 36.4 Å². The zero-order valence-corrected chi connectivity index (χ0v) is 17.5. The van der Waals surface area contributed by atoms with Crippen molar-refractivity contribution in [3.05, 3.63) is 62.8 Å². The molecule has 2 aromatic carbocycles. The molecule has 0 unspecified atom stereocenters. The number of nitrogens with zero attached hydrogens (tertiary/aromatic N) is 1. The zero-order chi connectivity index (χ0) is 21.0. The van der Waals surface area contributed by atoms with Crippen molar-refractivity contribution < 1.29 is 23.4 Å². The first-order chi connectivity index (χ1) is 13.9. The van der Waals surface area contributed by atoms with E-state index < -0.39 is 0 Å². The van der Waals surface area contributed by atoms with E-state index in [2.05, 4.69) is 10.3 Å². The van der Waals surface area contributed by atoms with Crippen molar-refractivity contribution in [1.82, 2.24) is 4.98 Å². The van der Waals surface area contributed by atoms with Crippen LogP contribution in [0.4, 0.5) is 10.1 Å². The molecule has 1 aromatic heterocycles. The summed E-state index contributed by atoms with van der Waals surface area (Å²) in [5.41, 5.74) is 0.966. The smallest absolute Gasteiger partial charge is 0.267 e. The van der Waals surface area contributed by atoms with Crippen molar-refractivity contribution >= 4 is 34.5 Å². The van der Waals surface area contributed by atoms with Crippen molar-refractivity contribution in [3.8, 4) is 17.2 Å². The number of amides is 1. The molecular weight excluding hydrogens is 419 g/mol. The van der Waals surface area contributed by atoms with Gasteiger partial charge in [-0.2, -0.15) is 0 Å². The van der Waals surface area contributed by atoms with Crippen molar-refractivity contribution in [3.63, 3.8) is 0 Å². The summed E-state index contributed by atoms with van der Waals surface area (Å²) < 4.78 is 29.0. The molecule has 0 aliphatic rings. The average molecular weight is 437 g/mol. The molecule has 0 aliphatic carbocycles. The number of aryl methyl sites for hydroxylation is 1. The molecule has 3 aromatic rings. The van der Waals surface area contributed by atoms with E-state index in [1.807, 2.05) is 0 Å². The molecule has 0 atom stereocenters. The summed E-state index contributed by atoms with van der Waals surface area (Å²) in [6, 6.07) is 8.85. The predicted octanol–water partition coefficient (Wildman–Crippen LogP) is 5.09. The van der Waals surface area contributed by atoms with E-state index in [1.165, 1.54) is 49.8 Å². The lowest BCUT2D eigenvalue weighted by Gasteiger charge is -2.12. The van der Waals surface area contributed by atoms with Crippen LogP contribution >= 0.6 is 22.9 Å². The lowest BCUT2D eigenvalue weighted by atomic mass is 10.2. The second kappa shape index (κ2) is 9.11. The Hall–Kier alpha value is -2.84. The number of carbonyl (C=O) groups is 1. The number of anilines is 1. The number of methoxy groups -OCH3 is 2. The van der Waals surface area contributed by atoms with Gasteiger partial charge in [0.25, 0.3) is 5.91 Å². The molecule has 0 radical (unpaired) electrons. The molecule has 0 saturated heterocycles. The number of nitrogens with one attached hydrogen (secondary N) is 1. The van der Waals surface area contributed by atoms with Gasteiger partial charge in [0.15, 0.2) is 11.5 Å². The number of carbonyl (C=O) groups excluding carboxylic acids is 1. The van der Waals surface area contributed by atoms with Gasteiger partial charge in [-0.05, 0) is 31.2 Å². The third-order valence-electron chi connectivity index (χ3n) is 3.94. The van der Waals surface area contributed by atoms with E-state index in [1.54, 1.807) is 19.1 Å². The maximum absolute atomic E-state index is 13.0. The molecule has 0 saturated carbocycles. The van der Waals surface area contributed by atoms with E-state index in [9.17, 15) is 9.18 Å². The number of halogens is 2. The third-order valence-corrected chi connectivity index (χ3v) is 5.39. The largest absolute Gasteiger partial charge is 0.493 e. The second-order valence-corrected chi connectivity index (χ2v) is 7.40. The molecule has 152 valence electrons. The van der Waals surface area contributed by atoms with Crippen molar-refractivity contribution in [2.75, 3.05) is 19.5 Å². The van der Waals surface area contributed by atoms with Crippen molar-refractivity contribution in [1.29, 1.82) is 0 Å². The lowest BCUT2D eigenvalue weighted by Crippen LogP contribution is -2.12. The van der Waals surface area contributed by atoms with Crippen LogP contribution in [0.25, 0.3) is 0 Å². The Morgan fingerprint density at radius 2 is 1.83 bits per heavy atom. The second-order valence-electron chi connectivity index (χ2n) is 5.91. The third kappa shape index (κ3) is 4.96. The first-order valence-electron chi connectivity index (χ1n) is 8.48. The fraction of sp³-hybridized carbons (Fsp3) is 0.200. The highest BCUT2D eigenvalue weighted by atomic mass is 35.5. The molecule has 0 fully saturated rings. The van der Waals surface area contributed by atoms with Gasteiger partial charge in [0, 0.05) is 12.1 Å². The fourth-order valence-electron chi connectivity index (χ4n) is 2.53. The van der Waals surface area contributed by atoms with E-state index in [0.29, 0.717) is 43.5 Å². The predicted molar refractivity (Wildman–Crippen MR) is 110 cm³/mol. The average Bonchev–Trinajstić information content (AvgIpc) is 3.09. The van der Waals surface area contributed by atoms with E-state index in [4.69, 9.17) is 25.8 Å². The van der Waals surface area contributed by atoms with Crippen molar-refractivity contribution in [2.45, 2.75) is 13.5 Å². The minimum atomic E-state index is -0.345. The van der Waals surface area contributed by atoms with E-state index in [0.717, 1.165) is 0 Å². The summed E-state index contributed by atoms with van der Waals surface area (Å²) in [5, 5.41) is 3.71. The molecule has 1 N–H and O–H groups in total. The maximum atomic E-state index is 13.0. The topological polar surface area (TPSA) is 69.7 Å². The molecule has 1 amide bonds. The minimum Gasteiger partial charge on any atom is -0.493 e. The Morgan fingerprint density at radius 1 is 1.17 bits per heavy atom. The summed E-state index contributed by atoms with van der Waals surface area (Å²) in [7, 11) is 3.00. The highest BCUT2D eigenvalue weighted by Gasteiger charge is 2.18. The van der Waals surface area contributed by atoms with Crippen LogP contribution in [-0.4, -0.2) is 25.1 Å². The van der Waals surface area contributed by atoms with E-state index >= 15 is 0 Å². The van der Waals surface area contributed by atoms with Crippen LogP contribution in [0.5, 0.6) is 17.2 Å². The molecule has 0 aliphatic heterocycles. The molecular formula is C20H18ClFN2O4S. The van der Waals surface area contributed by atoms with Gasteiger partial charge in [-0.1, -0.05) is 11.6 Å². The van der Waals surface area contributed by atoms with Gasteiger partial charge in [-0.3, -0.25) is 4.79 Å². The highest BCUT2D eigenvalue weighted by Crippen LogP contribution is 2.36. The quantitative estimate of drug-likeness (QED) is 0.558. The number of rotatable bonds is 7. The number of thiazole rings is 1. The Labute approximate surface area is 176 Å². The first kappa shape index (κ1) is 20.9. The van der Waals surface area contributed by atoms with Gasteiger partial charge < -0.3 is 19.5 Å². The number of hydrogen-bond acceptors (Lipinski definition) is 6. The van der Waals surface area contributed by atoms with Crippen LogP contribution in [0, 0.1) is 12.7 Å². The highest BCUT2D eigenvalue weighted by molar-refractivity contribution is 7.13. The van der Waals surface area contributed by atoms with Gasteiger partial charge >= 0.3 is 0 Å². The van der Waals surface area contributed by atoms with Gasteiger partial charge in [-0.15, -0.1) is 11.3 Å². The lowest BCUT2D eigenvalue weighted by molar-refractivity contribution is 0.103. The monoisotopic (exact) mass is 436 g/mol. The Balaban J connectivity index is 1.72. The first-order valence-corrected chi connectivity index (χ1v) is 9.68. The fourth-order valence-corrected chi connectivity index (χ4v) is 3.60. The summed E-state index contributed by atoms with van der Waals surface area (Å²) >= 11 is 7.44. The summed E-state index contributed by atoms with van der Waals surface area (Å²) in [6.45, 7) is 1.91. The number of aromatic nitrogens is 1. The number of ether oxygens (including phenoxy) is 3. The molecule has 1 heterocycles. The SMILES string of the molecule is COc1cc(Cl)c(NC(=O)c2sc(COc3ccc(F)cc3)nc2C)cc1OC. The van der Waals surface area contributed by atoms with Gasteiger partial charge in [0.2, 0.25) is 0 Å². The van der Waals surface area contributed by atoms with Crippen molar-refractivity contribution in [2.24, 2.45) is 0 Å². The van der Waals surface area contributed by atoms with Crippen LogP contribution in [-0.2, 0) is 6.61 Å². The van der Waals surface area contributed by atoms with Crippen LogP contribution in [0.1, 0.15) is 20.4 Å². The Morgan fingerprint density at radius 3 is 2.48 bits per heavy atom. The summed E-state index contributed by atoms with van der Waals surface area (Å²) in [6.07, 6.45) is 0. The standard InChI is InChI=1S/C20H18ClFN2O4S/c1-11-19(29-18(23-11)10-28-13-6-4-12(22)5-7-13)20(25)24-15-9-17(27-3)16(26-2)8-14(15)21/h4-9H,10H2,1-3H3,(H,24,25). The van der Waals surface area contributed by atoms with Crippen LogP contribution in [0.2, 0.25) is 5.02 Å². The summed E-state index contributed by atoms with van der Waals surface area (Å²) in [5.74, 6) is 0.742. The molecule has 0 bridgehead atoms. The minimum absolute atomic E-state index is 0.168.